The molecule has 12 aromatic heterocycles. The van der Waals surface area contributed by atoms with Crippen molar-refractivity contribution >= 4 is 163 Å². The number of nitriles is 1. The summed E-state index contributed by atoms with van der Waals surface area (Å²) < 4.78 is 126. The zero-order valence-electron chi connectivity index (χ0n) is 61.2. The van der Waals surface area contributed by atoms with Crippen LogP contribution in [0.3, 0.4) is 0 Å². The number of nitro groups is 2. The quantitative estimate of drug-likeness (QED) is 0.00921. The minimum absolute atomic E-state index is 0. The van der Waals surface area contributed by atoms with Crippen molar-refractivity contribution in [1.82, 2.24) is 89.1 Å². The van der Waals surface area contributed by atoms with Crippen molar-refractivity contribution in [2.24, 2.45) is 15.7 Å². The number of aromatic nitrogens is 18. The number of amidine groups is 1. The number of pyridine rings is 6. The monoisotopic (exact) mass is 2020 g/mol. The second-order valence-corrected chi connectivity index (χ2v) is 26.8. The van der Waals surface area contributed by atoms with Gasteiger partial charge < -0.3 is 53.3 Å². The van der Waals surface area contributed by atoms with E-state index in [4.69, 9.17) is 74.3 Å². The first kappa shape index (κ1) is 91.2. The van der Waals surface area contributed by atoms with E-state index in [0.717, 1.165) is 57.6 Å². The molecular weight excluding hydrogens is 1970 g/mol. The van der Waals surface area contributed by atoms with E-state index >= 15 is 0 Å². The van der Waals surface area contributed by atoms with Gasteiger partial charge in [0.15, 0.2) is 40.2 Å². The van der Waals surface area contributed by atoms with Gasteiger partial charge in [-0.15, -0.1) is 0 Å². The molecule has 0 bridgehead atoms. The van der Waals surface area contributed by atoms with Gasteiger partial charge in [-0.05, 0) is 111 Å². The average Bonchev–Trinajstić information content (AvgIpc) is 1.63. The molecule has 0 unspecified atom stereocenters. The van der Waals surface area contributed by atoms with Crippen LogP contribution in [0.15, 0.2) is 156 Å². The number of nitrogens with zero attached hydrogens (tertiary/aromatic N) is 23. The molecule has 0 atom stereocenters. The Morgan fingerprint density at radius 1 is 0.455 bits per heavy atom. The van der Waals surface area contributed by atoms with Crippen LogP contribution in [-0.2, 0) is 53.1 Å². The number of nitrogens with two attached hydrogens (primary N) is 8. The molecule has 3 aromatic carbocycles. The summed E-state index contributed by atoms with van der Waals surface area (Å²) in [5.41, 5.74) is 49.0. The first-order valence-corrected chi connectivity index (χ1v) is 36.1. The van der Waals surface area contributed by atoms with Crippen molar-refractivity contribution in [3.8, 4) is 29.1 Å². The number of anilines is 7. The Kier molecular flexibility index (Phi) is 30.3. The standard InChI is InChI=1S/C17H12F2N8O2.C17H14F2N8.C13H8F2IN3.C7H4FIN2.C7H6FN3.C6H2ClFN2.C4H4ClN5O2.CH3.Pd/c18-9-5-10-12(16-23-14(20)13(27(28)29)15(21)24-16)25-26(17(10)22-6-9)7-8-3-1-2-4-11(8)19;18-9-5-10-13(16-24-14(21)12(20)15(22)25-16)26-27(17(10)23-6-9)7-8-3-1-2-4-11(8)19;14-9-5-10-12(16)18-19(13(10)17-6-9)7-8-3-1-2-4-11(8)15;2*8-4-1-5-6(10-2-4)3-11-7(5)9;7-6-4(2-9)1-5(8)3-10-6;5-4-8-2(6)1(10(11)12)3(7)9-4;;/h1-6H,7H2,(H4,20,21,23,24);1-6H,7,20H2,(H4,21,22,24,25);1-6H,7H2;1-2H,3H2;1-2H,3H2,(H2,9,11);1,3H;(H4,6,7,8,9);1H3;/q;;;;;;;-1;. The van der Waals surface area contributed by atoms with Crippen molar-refractivity contribution < 1.29 is 69.8 Å². The molecule has 622 valence electrons. The van der Waals surface area contributed by atoms with Crippen molar-refractivity contribution in [3.63, 3.8) is 0 Å². The third kappa shape index (κ3) is 22.0. The number of hydrogen-bond acceptors (Lipinski definition) is 30. The number of halogens is 13. The molecule has 0 saturated carbocycles. The molecule has 0 saturated heterocycles. The van der Waals surface area contributed by atoms with Gasteiger partial charge in [0.25, 0.3) is 0 Å². The van der Waals surface area contributed by atoms with Crippen LogP contribution in [0.1, 0.15) is 44.8 Å². The number of benzene rings is 3. The van der Waals surface area contributed by atoms with E-state index in [2.05, 4.69) is 108 Å². The van der Waals surface area contributed by atoms with E-state index in [0.29, 0.717) is 66.9 Å². The fourth-order valence-corrected chi connectivity index (χ4v) is 12.3. The van der Waals surface area contributed by atoms with Gasteiger partial charge >= 0.3 is 11.4 Å². The first-order chi connectivity index (χ1) is 56.7. The minimum Gasteiger partial charge on any atom is -0.393 e. The van der Waals surface area contributed by atoms with E-state index in [1.807, 2.05) is 22.6 Å². The molecule has 16 N–H and O–H groups in total. The van der Waals surface area contributed by atoms with Crippen LogP contribution in [0.5, 0.6) is 0 Å². The molecule has 0 fully saturated rings. The Morgan fingerprint density at radius 3 is 1.22 bits per heavy atom. The van der Waals surface area contributed by atoms with Crippen molar-refractivity contribution in [3.05, 3.63) is 285 Å². The summed E-state index contributed by atoms with van der Waals surface area (Å²) in [6, 6.07) is 28.2. The molecule has 17 rings (SSSR count). The van der Waals surface area contributed by atoms with Crippen LogP contribution in [0.4, 0.5) is 91.5 Å². The molecule has 2 aliphatic heterocycles. The van der Waals surface area contributed by atoms with E-state index in [1.54, 1.807) is 65.3 Å². The fourth-order valence-electron chi connectivity index (χ4n) is 10.7. The van der Waals surface area contributed by atoms with Crippen LogP contribution in [0.25, 0.3) is 56.1 Å². The summed E-state index contributed by atoms with van der Waals surface area (Å²) in [6.45, 7) is 1.42. The predicted molar refractivity (Wildman–Crippen MR) is 442 cm³/mol. The molecule has 2 aliphatic rings. The predicted octanol–water partition coefficient (Wildman–Crippen LogP) is 12.4. The Bertz CT molecular complexity index is 6440. The van der Waals surface area contributed by atoms with Gasteiger partial charge in [-0.25, -0.2) is 93.4 Å². The summed E-state index contributed by atoms with van der Waals surface area (Å²) in [5, 5.41) is 43.6. The van der Waals surface area contributed by atoms with Gasteiger partial charge in [0.1, 0.15) is 93.9 Å². The van der Waals surface area contributed by atoms with Gasteiger partial charge in [0.05, 0.1) is 113 Å². The molecule has 0 radical (unpaired) electrons. The molecule has 0 spiro atoms. The second kappa shape index (κ2) is 40.2. The van der Waals surface area contributed by atoms with Gasteiger partial charge in [0, 0.05) is 48.2 Å². The minimum atomic E-state index is -0.801. The molecule has 0 aliphatic carbocycles. The van der Waals surface area contributed by atoms with Crippen molar-refractivity contribution in [2.75, 3.05) is 40.1 Å². The smallest absolute Gasteiger partial charge is 0.352 e. The number of nitrogen functional groups attached to an aromatic ring is 7. The van der Waals surface area contributed by atoms with Gasteiger partial charge in [0.2, 0.25) is 28.6 Å². The number of hydrogen-bond donors (Lipinski definition) is 8. The third-order valence-electron chi connectivity index (χ3n) is 16.2. The van der Waals surface area contributed by atoms with Crippen molar-refractivity contribution in [1.29, 1.82) is 5.26 Å². The van der Waals surface area contributed by atoms with Gasteiger partial charge in [-0.1, -0.05) is 66.2 Å². The van der Waals surface area contributed by atoms with Crippen LogP contribution in [0, 0.1) is 95.0 Å². The van der Waals surface area contributed by atoms with Gasteiger partial charge in [-0.3, -0.25) is 40.2 Å². The average molecular weight is 2020 g/mol. The summed E-state index contributed by atoms with van der Waals surface area (Å²) in [5.74, 6) is -5.27. The topological polar surface area (TPSA) is 551 Å². The van der Waals surface area contributed by atoms with E-state index in [1.165, 1.54) is 64.2 Å². The SMILES string of the molecule is Fc1cnc2c(c1)C(I)=NC2.Fc1cnc2c(c1)c(I)nn2Cc1ccccc1F.N#Cc1cc(F)cnc1Cl.NC1=NCc2ncc(F)cc21.Nc1nc(-c2nn(Cc3ccccc3F)c3ncc(F)cc23)nc(N)c1N.Nc1nc(-c2nn(Cc3ccccc3F)c3ncc(F)cc23)nc(N)c1[N+](=O)[O-].Nc1nc(Cl)nc(N)c1[N+](=O)[O-].[CH3-].[Pd]. The second-order valence-electron chi connectivity index (χ2n) is 24.0. The Hall–Kier alpha value is -13.7. The van der Waals surface area contributed by atoms with E-state index in [9.17, 15) is 59.7 Å². The molecule has 121 heavy (non-hydrogen) atoms. The van der Waals surface area contributed by atoms with Gasteiger partial charge in [-0.2, -0.15) is 30.5 Å². The maximum atomic E-state index is 14.1. The molecule has 49 heteroatoms. The molecule has 35 nitrogen and oxygen atoms in total. The molecule has 14 heterocycles. The van der Waals surface area contributed by atoms with E-state index in [-0.39, 0.29) is 150 Å². The number of rotatable bonds is 10. The first-order valence-electron chi connectivity index (χ1n) is 33.2. The zero-order valence-corrected chi connectivity index (χ0v) is 68.5. The third-order valence-corrected chi connectivity index (χ3v) is 18.3. The molecule has 0 amide bonds. The molecule has 15 aromatic rings. The molecular formula is C72H53Cl2F9I2N31O4Pd-. The van der Waals surface area contributed by atoms with Crippen LogP contribution >= 0.6 is 68.4 Å². The van der Waals surface area contributed by atoms with E-state index < -0.39 is 61.9 Å². The summed E-state index contributed by atoms with van der Waals surface area (Å²) >= 11 is 14.8. The largest absolute Gasteiger partial charge is 0.393 e. The Labute approximate surface area is 724 Å². The normalized spacial score (nSPS) is 11.2. The Morgan fingerprint density at radius 2 is 0.802 bits per heavy atom. The van der Waals surface area contributed by atoms with Crippen LogP contribution in [-0.4, -0.2) is 109 Å². The zero-order chi connectivity index (χ0) is 85.8. The summed E-state index contributed by atoms with van der Waals surface area (Å²) in [7, 11) is 0. The maximum absolute atomic E-state index is 14.1. The summed E-state index contributed by atoms with van der Waals surface area (Å²) in [4.78, 5) is 73.7. The maximum Gasteiger partial charge on any atom is 0.352 e. The van der Waals surface area contributed by atoms with Crippen LogP contribution < -0.4 is 45.9 Å². The number of aliphatic imine (C=N–C) groups is 2. The Balaban J connectivity index is 0.000000167. The summed E-state index contributed by atoms with van der Waals surface area (Å²) in [6.07, 6.45) is 6.54. The van der Waals surface area contributed by atoms with Crippen molar-refractivity contribution in [2.45, 2.75) is 32.7 Å². The number of fused-ring (bicyclic) bond motifs is 5. The fraction of sp³-hybridized carbons (Fsp3) is 0.0694. The van der Waals surface area contributed by atoms with Crippen LogP contribution in [0.2, 0.25) is 10.4 Å².